The maximum Gasteiger partial charge on any atom is 0.143 e. The number of hydrogen-bond donors (Lipinski definition) is 0. The molecule has 0 saturated carbocycles. The summed E-state index contributed by atoms with van der Waals surface area (Å²) >= 11 is 0. The second-order valence-electron chi connectivity index (χ2n) is 6.07. The Morgan fingerprint density at radius 2 is 2.16 bits per heavy atom. The lowest BCUT2D eigenvalue weighted by Gasteiger charge is -2.47. The summed E-state index contributed by atoms with van der Waals surface area (Å²) in [5.74, 6) is -0.0574. The SMILES string of the molecule is CCCN1c2cc(F)c(C#N)cc2[C@H](C)CC1(C)C. The molecule has 2 nitrogen and oxygen atoms in total. The van der Waals surface area contributed by atoms with E-state index in [1.165, 1.54) is 0 Å². The Hall–Kier alpha value is -1.56. The Morgan fingerprint density at radius 1 is 1.47 bits per heavy atom. The monoisotopic (exact) mass is 260 g/mol. The van der Waals surface area contributed by atoms with Crippen molar-refractivity contribution >= 4 is 5.69 Å². The van der Waals surface area contributed by atoms with Crippen LogP contribution in [0.4, 0.5) is 10.1 Å². The maximum atomic E-state index is 13.9. The van der Waals surface area contributed by atoms with Crippen molar-refractivity contribution in [1.29, 1.82) is 5.26 Å². The molecule has 1 atom stereocenters. The van der Waals surface area contributed by atoms with Crippen LogP contribution in [0.5, 0.6) is 0 Å². The minimum Gasteiger partial charge on any atom is -0.366 e. The molecule has 0 spiro atoms. The van der Waals surface area contributed by atoms with E-state index in [0.717, 1.165) is 30.6 Å². The number of hydrogen-bond acceptors (Lipinski definition) is 2. The molecule has 19 heavy (non-hydrogen) atoms. The van der Waals surface area contributed by atoms with E-state index >= 15 is 0 Å². The van der Waals surface area contributed by atoms with Crippen LogP contribution in [-0.4, -0.2) is 12.1 Å². The van der Waals surface area contributed by atoms with Gasteiger partial charge in [0.25, 0.3) is 0 Å². The third-order valence-electron chi connectivity index (χ3n) is 4.04. The average Bonchev–Trinajstić information content (AvgIpc) is 2.33. The van der Waals surface area contributed by atoms with Gasteiger partial charge in [-0.1, -0.05) is 13.8 Å². The number of fused-ring (bicyclic) bond motifs is 1. The fourth-order valence-corrected chi connectivity index (χ4v) is 3.24. The summed E-state index contributed by atoms with van der Waals surface area (Å²) in [5, 5.41) is 8.97. The van der Waals surface area contributed by atoms with Gasteiger partial charge in [0.2, 0.25) is 0 Å². The van der Waals surface area contributed by atoms with Gasteiger partial charge >= 0.3 is 0 Å². The molecule has 0 radical (unpaired) electrons. The van der Waals surface area contributed by atoms with Crippen molar-refractivity contribution in [1.82, 2.24) is 0 Å². The lowest BCUT2D eigenvalue weighted by Crippen LogP contribution is -2.48. The summed E-state index contributed by atoms with van der Waals surface area (Å²) in [6.45, 7) is 9.62. The van der Waals surface area contributed by atoms with Crippen LogP contribution >= 0.6 is 0 Å². The van der Waals surface area contributed by atoms with Crippen LogP contribution in [0.1, 0.15) is 57.6 Å². The molecule has 0 unspecified atom stereocenters. The van der Waals surface area contributed by atoms with Gasteiger partial charge in [-0.25, -0.2) is 4.39 Å². The van der Waals surface area contributed by atoms with Crippen LogP contribution in [0.2, 0.25) is 0 Å². The van der Waals surface area contributed by atoms with Crippen LogP contribution in [0.3, 0.4) is 0 Å². The van der Waals surface area contributed by atoms with E-state index < -0.39 is 5.82 Å². The van der Waals surface area contributed by atoms with Crippen LogP contribution in [0.25, 0.3) is 0 Å². The van der Waals surface area contributed by atoms with E-state index in [2.05, 4.69) is 32.6 Å². The fourth-order valence-electron chi connectivity index (χ4n) is 3.24. The quantitative estimate of drug-likeness (QED) is 0.796. The van der Waals surface area contributed by atoms with E-state index in [9.17, 15) is 4.39 Å². The first kappa shape index (κ1) is 13.9. The molecule has 3 heteroatoms. The Labute approximate surface area is 114 Å². The molecule has 1 aliphatic rings. The van der Waals surface area contributed by atoms with Gasteiger partial charge in [0.05, 0.1) is 5.56 Å². The second kappa shape index (κ2) is 4.85. The Kier molecular flexibility index (Phi) is 3.54. The highest BCUT2D eigenvalue weighted by Gasteiger charge is 2.36. The summed E-state index contributed by atoms with van der Waals surface area (Å²) in [6.07, 6.45) is 2.05. The minimum atomic E-state index is -0.410. The number of anilines is 1. The first-order chi connectivity index (χ1) is 8.90. The van der Waals surface area contributed by atoms with Crippen molar-refractivity contribution < 1.29 is 4.39 Å². The lowest BCUT2D eigenvalue weighted by molar-refractivity contribution is 0.375. The van der Waals surface area contributed by atoms with Crippen molar-refractivity contribution in [3.8, 4) is 6.07 Å². The molecule has 0 bridgehead atoms. The molecule has 0 fully saturated rings. The van der Waals surface area contributed by atoms with Gasteiger partial charge in [0, 0.05) is 17.8 Å². The average molecular weight is 260 g/mol. The van der Waals surface area contributed by atoms with E-state index in [0.29, 0.717) is 5.92 Å². The third-order valence-corrected chi connectivity index (χ3v) is 4.04. The molecular formula is C16H21FN2. The summed E-state index contributed by atoms with van der Waals surface area (Å²) in [6, 6.07) is 5.21. The van der Waals surface area contributed by atoms with Gasteiger partial charge in [-0.2, -0.15) is 5.26 Å². The molecule has 0 saturated heterocycles. The summed E-state index contributed by atoms with van der Waals surface area (Å²) in [4.78, 5) is 2.28. The first-order valence-electron chi connectivity index (χ1n) is 6.92. The molecule has 1 aromatic carbocycles. The van der Waals surface area contributed by atoms with Gasteiger partial charge < -0.3 is 4.90 Å². The van der Waals surface area contributed by atoms with E-state index in [1.54, 1.807) is 12.1 Å². The van der Waals surface area contributed by atoms with Crippen molar-refractivity contribution in [3.05, 3.63) is 29.1 Å². The fraction of sp³-hybridized carbons (Fsp3) is 0.562. The number of benzene rings is 1. The standard InChI is InChI=1S/C16H21FN2/c1-5-6-19-15-8-14(17)12(10-18)7-13(15)11(2)9-16(19,3)4/h7-8,11H,5-6,9H2,1-4H3/t11-/m1/s1. The van der Waals surface area contributed by atoms with Gasteiger partial charge in [0.1, 0.15) is 11.9 Å². The zero-order valence-electron chi connectivity index (χ0n) is 12.1. The van der Waals surface area contributed by atoms with Crippen LogP contribution < -0.4 is 4.90 Å². The van der Waals surface area contributed by atoms with Crippen LogP contribution in [0, 0.1) is 17.1 Å². The molecule has 1 aromatic rings. The number of nitriles is 1. The highest BCUT2D eigenvalue weighted by atomic mass is 19.1. The van der Waals surface area contributed by atoms with Gasteiger partial charge in [0.15, 0.2) is 0 Å². The molecule has 1 heterocycles. The van der Waals surface area contributed by atoms with Gasteiger partial charge in [-0.3, -0.25) is 0 Å². The number of nitrogens with zero attached hydrogens (tertiary/aromatic N) is 2. The van der Waals surface area contributed by atoms with Crippen LogP contribution in [-0.2, 0) is 0 Å². The molecule has 2 rings (SSSR count). The van der Waals surface area contributed by atoms with Crippen molar-refractivity contribution in [2.75, 3.05) is 11.4 Å². The minimum absolute atomic E-state index is 0.0308. The Morgan fingerprint density at radius 3 is 2.74 bits per heavy atom. The Bertz CT molecular complexity index is 528. The predicted molar refractivity (Wildman–Crippen MR) is 75.9 cm³/mol. The van der Waals surface area contributed by atoms with Crippen molar-refractivity contribution in [3.63, 3.8) is 0 Å². The van der Waals surface area contributed by atoms with Crippen molar-refractivity contribution in [2.24, 2.45) is 0 Å². The molecule has 0 aromatic heterocycles. The predicted octanol–water partition coefficient (Wildman–Crippen LogP) is 4.20. The van der Waals surface area contributed by atoms with E-state index in [4.69, 9.17) is 5.26 Å². The zero-order chi connectivity index (χ0) is 14.2. The molecule has 0 aliphatic carbocycles. The maximum absolute atomic E-state index is 13.9. The topological polar surface area (TPSA) is 27.0 Å². The van der Waals surface area contributed by atoms with Gasteiger partial charge in [-0.15, -0.1) is 0 Å². The normalized spacial score (nSPS) is 20.8. The highest BCUT2D eigenvalue weighted by molar-refractivity contribution is 5.62. The zero-order valence-corrected chi connectivity index (χ0v) is 12.1. The lowest BCUT2D eigenvalue weighted by atomic mass is 9.79. The second-order valence-corrected chi connectivity index (χ2v) is 6.07. The molecule has 1 aliphatic heterocycles. The molecule has 0 amide bonds. The van der Waals surface area contributed by atoms with E-state index in [-0.39, 0.29) is 11.1 Å². The summed E-state index contributed by atoms with van der Waals surface area (Å²) in [5.41, 5.74) is 2.25. The van der Waals surface area contributed by atoms with Gasteiger partial charge in [-0.05, 0) is 50.3 Å². The Balaban J connectivity index is 2.59. The van der Waals surface area contributed by atoms with E-state index in [1.807, 2.05) is 6.07 Å². The molecule has 102 valence electrons. The first-order valence-corrected chi connectivity index (χ1v) is 6.92. The largest absolute Gasteiger partial charge is 0.366 e. The number of halogens is 1. The summed E-state index contributed by atoms with van der Waals surface area (Å²) < 4.78 is 13.9. The smallest absolute Gasteiger partial charge is 0.143 e. The third kappa shape index (κ3) is 2.32. The van der Waals surface area contributed by atoms with Crippen LogP contribution in [0.15, 0.2) is 12.1 Å². The highest BCUT2D eigenvalue weighted by Crippen LogP contribution is 2.44. The number of rotatable bonds is 2. The van der Waals surface area contributed by atoms with Crippen molar-refractivity contribution in [2.45, 2.75) is 52.0 Å². The molecule has 0 N–H and O–H groups in total. The molecular weight excluding hydrogens is 239 g/mol. The summed E-state index contributed by atoms with van der Waals surface area (Å²) in [7, 11) is 0.